The molecule has 2 unspecified atom stereocenters. The zero-order chi connectivity index (χ0) is 16.5. The van der Waals surface area contributed by atoms with E-state index in [1.54, 1.807) is 0 Å². The van der Waals surface area contributed by atoms with Gasteiger partial charge in [-0.25, -0.2) is 8.42 Å². The maximum absolute atomic E-state index is 12.7. The number of hydrogen-bond donors (Lipinski definition) is 1. The maximum Gasteiger partial charge on any atom is 0.307 e. The Hall–Kier alpha value is -1.40. The Kier molecular flexibility index (Phi) is 4.92. The van der Waals surface area contributed by atoms with Crippen molar-refractivity contribution in [1.82, 2.24) is 4.31 Å². The van der Waals surface area contributed by atoms with Crippen molar-refractivity contribution in [3.8, 4) is 0 Å². The Morgan fingerprint density at radius 3 is 2.55 bits per heavy atom. The van der Waals surface area contributed by atoms with Crippen LogP contribution in [0.15, 0.2) is 18.2 Å². The zero-order valence-electron chi connectivity index (χ0n) is 13.2. The van der Waals surface area contributed by atoms with Crippen LogP contribution in [0.3, 0.4) is 0 Å². The molecule has 1 aliphatic heterocycles. The minimum atomic E-state index is -3.51. The number of carboxylic acid groups (broad SMARTS) is 1. The average Bonchev–Trinajstić information content (AvgIpc) is 2.42. The van der Waals surface area contributed by atoms with E-state index in [1.165, 1.54) is 4.31 Å². The van der Waals surface area contributed by atoms with Crippen LogP contribution in [0, 0.1) is 19.8 Å². The second-order valence-corrected chi connectivity index (χ2v) is 8.13. The molecular formula is C16H23NO4S. The molecule has 0 radical (unpaired) electrons. The first-order valence-corrected chi connectivity index (χ1v) is 9.10. The highest BCUT2D eigenvalue weighted by atomic mass is 32.2. The van der Waals surface area contributed by atoms with Crippen LogP contribution in [0.25, 0.3) is 0 Å². The van der Waals surface area contributed by atoms with Gasteiger partial charge in [0.1, 0.15) is 0 Å². The van der Waals surface area contributed by atoms with E-state index in [2.05, 4.69) is 0 Å². The first-order chi connectivity index (χ1) is 10.2. The Bertz CT molecular complexity index is 669. The second kappa shape index (κ2) is 6.38. The summed E-state index contributed by atoms with van der Waals surface area (Å²) in [6, 6.07) is 5.48. The van der Waals surface area contributed by atoms with Gasteiger partial charge in [0.25, 0.3) is 0 Å². The molecule has 122 valence electrons. The molecule has 0 bridgehead atoms. The zero-order valence-corrected chi connectivity index (χ0v) is 14.1. The van der Waals surface area contributed by atoms with Gasteiger partial charge in [0, 0.05) is 12.6 Å². The normalized spacial score (nSPS) is 23.4. The molecular weight excluding hydrogens is 302 g/mol. The van der Waals surface area contributed by atoms with Gasteiger partial charge < -0.3 is 5.11 Å². The largest absolute Gasteiger partial charge is 0.481 e. The Morgan fingerprint density at radius 1 is 1.27 bits per heavy atom. The van der Waals surface area contributed by atoms with Gasteiger partial charge in [0.2, 0.25) is 10.0 Å². The van der Waals surface area contributed by atoms with Crippen LogP contribution in [-0.2, 0) is 20.6 Å². The van der Waals surface area contributed by atoms with Crippen molar-refractivity contribution in [2.75, 3.05) is 6.54 Å². The highest BCUT2D eigenvalue weighted by Crippen LogP contribution is 2.26. The maximum atomic E-state index is 12.7. The van der Waals surface area contributed by atoms with Crippen molar-refractivity contribution in [1.29, 1.82) is 0 Å². The number of nitrogens with zero attached hydrogens (tertiary/aromatic N) is 1. The predicted molar refractivity (Wildman–Crippen MR) is 85.1 cm³/mol. The number of hydrogen-bond acceptors (Lipinski definition) is 3. The molecule has 1 fully saturated rings. The highest BCUT2D eigenvalue weighted by molar-refractivity contribution is 7.88. The van der Waals surface area contributed by atoms with Crippen molar-refractivity contribution < 1.29 is 18.3 Å². The van der Waals surface area contributed by atoms with E-state index in [0.717, 1.165) is 16.7 Å². The molecule has 0 spiro atoms. The number of rotatable bonds is 4. The van der Waals surface area contributed by atoms with Gasteiger partial charge in [-0.05, 0) is 50.3 Å². The van der Waals surface area contributed by atoms with Crippen molar-refractivity contribution in [3.05, 3.63) is 34.9 Å². The second-order valence-electron chi connectivity index (χ2n) is 6.21. The van der Waals surface area contributed by atoms with Gasteiger partial charge in [-0.15, -0.1) is 0 Å². The summed E-state index contributed by atoms with van der Waals surface area (Å²) in [5.41, 5.74) is 2.92. The quantitative estimate of drug-likeness (QED) is 0.922. The van der Waals surface area contributed by atoms with Crippen molar-refractivity contribution in [3.63, 3.8) is 0 Å². The summed E-state index contributed by atoms with van der Waals surface area (Å²) in [6.45, 7) is 5.85. The van der Waals surface area contributed by atoms with Gasteiger partial charge >= 0.3 is 5.97 Å². The third-order valence-corrected chi connectivity index (χ3v) is 6.37. The average molecular weight is 325 g/mol. The van der Waals surface area contributed by atoms with Crippen LogP contribution >= 0.6 is 0 Å². The van der Waals surface area contributed by atoms with E-state index in [4.69, 9.17) is 5.11 Å². The lowest BCUT2D eigenvalue weighted by Crippen LogP contribution is -2.47. The van der Waals surface area contributed by atoms with Crippen LogP contribution in [-0.4, -0.2) is 36.4 Å². The molecule has 2 atom stereocenters. The third-order valence-electron chi connectivity index (χ3n) is 4.45. The van der Waals surface area contributed by atoms with Gasteiger partial charge in [-0.3, -0.25) is 4.79 Å². The minimum Gasteiger partial charge on any atom is -0.481 e. The minimum absolute atomic E-state index is 0.0731. The fraction of sp³-hybridized carbons (Fsp3) is 0.562. The lowest BCUT2D eigenvalue weighted by Gasteiger charge is -2.35. The number of aliphatic carboxylic acids is 1. The number of aryl methyl sites for hydroxylation is 2. The van der Waals surface area contributed by atoms with Crippen LogP contribution in [0.2, 0.25) is 0 Å². The molecule has 22 heavy (non-hydrogen) atoms. The number of piperidine rings is 1. The SMILES string of the molecule is Cc1ccc(CS(=O)(=O)N2CC(C(=O)O)CCC2C)cc1C. The molecule has 0 amide bonds. The Balaban J connectivity index is 2.20. The lowest BCUT2D eigenvalue weighted by molar-refractivity contribution is -0.143. The molecule has 1 aromatic carbocycles. The summed E-state index contributed by atoms with van der Waals surface area (Å²) >= 11 is 0. The van der Waals surface area contributed by atoms with Crippen LogP contribution in [0.1, 0.15) is 36.5 Å². The lowest BCUT2D eigenvalue weighted by atomic mass is 9.96. The summed E-state index contributed by atoms with van der Waals surface area (Å²) in [5.74, 6) is -1.60. The fourth-order valence-electron chi connectivity index (χ4n) is 2.85. The Labute approximate surface area is 132 Å². The van der Waals surface area contributed by atoms with E-state index in [1.807, 2.05) is 39.0 Å². The molecule has 5 nitrogen and oxygen atoms in total. The molecule has 2 rings (SSSR count). The molecule has 1 heterocycles. The number of carboxylic acids is 1. The third kappa shape index (κ3) is 3.67. The van der Waals surface area contributed by atoms with E-state index >= 15 is 0 Å². The van der Waals surface area contributed by atoms with Crippen LogP contribution < -0.4 is 0 Å². The summed E-state index contributed by atoms with van der Waals surface area (Å²) in [5, 5.41) is 9.14. The summed E-state index contributed by atoms with van der Waals surface area (Å²) in [4.78, 5) is 11.2. The van der Waals surface area contributed by atoms with E-state index in [9.17, 15) is 13.2 Å². The molecule has 1 aromatic rings. The topological polar surface area (TPSA) is 74.7 Å². The van der Waals surface area contributed by atoms with E-state index < -0.39 is 21.9 Å². The smallest absolute Gasteiger partial charge is 0.307 e. The van der Waals surface area contributed by atoms with Gasteiger partial charge in [-0.2, -0.15) is 4.31 Å². The van der Waals surface area contributed by atoms with Gasteiger partial charge in [0.05, 0.1) is 11.7 Å². The van der Waals surface area contributed by atoms with Crippen LogP contribution in [0.5, 0.6) is 0 Å². The van der Waals surface area contributed by atoms with Crippen molar-refractivity contribution >= 4 is 16.0 Å². The van der Waals surface area contributed by atoms with Crippen LogP contribution in [0.4, 0.5) is 0 Å². The molecule has 1 saturated heterocycles. The molecule has 0 aliphatic carbocycles. The monoisotopic (exact) mass is 325 g/mol. The fourth-order valence-corrected chi connectivity index (χ4v) is 4.68. The summed E-state index contributed by atoms with van der Waals surface area (Å²) in [7, 11) is -3.51. The first-order valence-electron chi connectivity index (χ1n) is 7.49. The highest BCUT2D eigenvalue weighted by Gasteiger charge is 2.36. The van der Waals surface area contributed by atoms with E-state index in [0.29, 0.717) is 12.8 Å². The first kappa shape index (κ1) is 17.0. The molecule has 6 heteroatoms. The molecule has 1 aliphatic rings. The molecule has 0 aromatic heterocycles. The molecule has 1 N–H and O–H groups in total. The summed E-state index contributed by atoms with van der Waals surface area (Å²) < 4.78 is 26.7. The van der Waals surface area contributed by atoms with E-state index in [-0.39, 0.29) is 18.3 Å². The predicted octanol–water partition coefficient (Wildman–Crippen LogP) is 2.32. The number of carbonyl (C=O) groups is 1. The number of sulfonamides is 1. The van der Waals surface area contributed by atoms with Crippen molar-refractivity contribution in [2.24, 2.45) is 5.92 Å². The van der Waals surface area contributed by atoms with Gasteiger partial charge in [-0.1, -0.05) is 18.2 Å². The Morgan fingerprint density at radius 2 is 1.95 bits per heavy atom. The van der Waals surface area contributed by atoms with Gasteiger partial charge in [0.15, 0.2) is 0 Å². The standard InChI is InChI=1S/C16H23NO4S/c1-11-4-6-14(8-12(11)2)10-22(20,21)17-9-15(16(18)19)7-5-13(17)3/h4,6,8,13,15H,5,7,9-10H2,1-3H3,(H,18,19). The van der Waals surface area contributed by atoms with Crippen molar-refractivity contribution in [2.45, 2.75) is 45.4 Å². The number of benzene rings is 1. The molecule has 0 saturated carbocycles. The summed E-state index contributed by atoms with van der Waals surface area (Å²) in [6.07, 6.45) is 1.12.